The smallest absolute Gasteiger partial charge is 0.0507 e. The third kappa shape index (κ3) is 2.89. The molecule has 0 aliphatic carbocycles. The molecule has 0 bridgehead atoms. The lowest BCUT2D eigenvalue weighted by atomic mass is 10.1. The molecule has 3 heteroatoms. The Morgan fingerprint density at radius 1 is 1.35 bits per heavy atom. The lowest BCUT2D eigenvalue weighted by Crippen LogP contribution is -2.25. The average molecular weight is 272 g/mol. The van der Waals surface area contributed by atoms with Crippen LogP contribution in [0.5, 0.6) is 0 Å². The van der Waals surface area contributed by atoms with E-state index in [0.29, 0.717) is 5.92 Å². The van der Waals surface area contributed by atoms with Gasteiger partial charge >= 0.3 is 0 Å². The normalized spacial score (nSPS) is 19.2. The molecular formula is C17H24N2O. The quantitative estimate of drug-likeness (QED) is 0.832. The Morgan fingerprint density at radius 3 is 3.00 bits per heavy atom. The van der Waals surface area contributed by atoms with Crippen molar-refractivity contribution in [1.29, 1.82) is 0 Å². The molecule has 1 aromatic carbocycles. The first-order valence-corrected chi connectivity index (χ1v) is 7.60. The van der Waals surface area contributed by atoms with Crippen molar-refractivity contribution in [3.63, 3.8) is 0 Å². The third-order valence-corrected chi connectivity index (χ3v) is 4.23. The van der Waals surface area contributed by atoms with Gasteiger partial charge in [0.1, 0.15) is 0 Å². The molecule has 0 N–H and O–H groups in total. The monoisotopic (exact) mass is 272 g/mol. The van der Waals surface area contributed by atoms with E-state index in [9.17, 15) is 0 Å². The number of rotatable bonds is 5. The minimum absolute atomic E-state index is 0.711. The molecule has 0 unspecified atom stereocenters. The number of hydrogen-bond donors (Lipinski definition) is 0. The molecule has 0 amide bonds. The molecule has 1 aliphatic rings. The van der Waals surface area contributed by atoms with Gasteiger partial charge < -0.3 is 14.2 Å². The van der Waals surface area contributed by atoms with E-state index in [1.54, 1.807) is 0 Å². The minimum Gasteiger partial charge on any atom is -0.381 e. The Labute approximate surface area is 121 Å². The number of fused-ring (bicyclic) bond motifs is 1. The van der Waals surface area contributed by atoms with E-state index >= 15 is 0 Å². The van der Waals surface area contributed by atoms with Crippen molar-refractivity contribution in [2.24, 2.45) is 5.92 Å². The predicted octanol–water partition coefficient (Wildman–Crippen LogP) is 3.13. The Hall–Kier alpha value is -1.32. The lowest BCUT2D eigenvalue weighted by molar-refractivity contribution is 0.173. The molecule has 108 valence electrons. The zero-order valence-electron chi connectivity index (χ0n) is 12.5. The first kappa shape index (κ1) is 13.7. The summed E-state index contributed by atoms with van der Waals surface area (Å²) in [5.41, 5.74) is 2.75. The van der Waals surface area contributed by atoms with Crippen LogP contribution in [0.1, 0.15) is 18.9 Å². The first-order chi connectivity index (χ1) is 9.76. The Bertz CT molecular complexity index is 569. The van der Waals surface area contributed by atoms with Gasteiger partial charge in [-0.1, -0.05) is 12.1 Å². The van der Waals surface area contributed by atoms with Crippen molar-refractivity contribution in [3.8, 4) is 0 Å². The minimum atomic E-state index is 0.711. The fourth-order valence-corrected chi connectivity index (χ4v) is 3.15. The molecule has 1 saturated heterocycles. The summed E-state index contributed by atoms with van der Waals surface area (Å²) in [6.07, 6.45) is 3.39. The predicted molar refractivity (Wildman–Crippen MR) is 82.9 cm³/mol. The first-order valence-electron chi connectivity index (χ1n) is 7.60. The van der Waals surface area contributed by atoms with E-state index in [0.717, 1.165) is 32.8 Å². The van der Waals surface area contributed by atoms with Crippen LogP contribution < -0.4 is 0 Å². The fraction of sp³-hybridized carbons (Fsp3) is 0.529. The molecule has 3 nitrogen and oxygen atoms in total. The number of aromatic nitrogens is 1. The summed E-state index contributed by atoms with van der Waals surface area (Å²) >= 11 is 0. The second-order valence-electron chi connectivity index (χ2n) is 5.92. The standard InChI is InChI=1S/C17H24N2O/c1-3-19-8-6-16-5-4-14(10-17(16)19)11-18(2)12-15-7-9-20-13-15/h4-6,8,10,15H,3,7,9,11-13H2,1-2H3/t15-/m1/s1. The fourth-order valence-electron chi connectivity index (χ4n) is 3.15. The highest BCUT2D eigenvalue weighted by atomic mass is 16.5. The van der Waals surface area contributed by atoms with Crippen LogP contribution >= 0.6 is 0 Å². The van der Waals surface area contributed by atoms with Gasteiger partial charge in [-0.3, -0.25) is 0 Å². The Balaban J connectivity index is 1.69. The van der Waals surface area contributed by atoms with Gasteiger partial charge in [0.2, 0.25) is 0 Å². The van der Waals surface area contributed by atoms with Crippen LogP contribution in [0.4, 0.5) is 0 Å². The number of hydrogen-bond acceptors (Lipinski definition) is 2. The zero-order valence-corrected chi connectivity index (χ0v) is 12.5. The largest absolute Gasteiger partial charge is 0.381 e. The van der Waals surface area contributed by atoms with E-state index < -0.39 is 0 Å². The van der Waals surface area contributed by atoms with Crippen LogP contribution in [-0.2, 0) is 17.8 Å². The molecule has 0 spiro atoms. The van der Waals surface area contributed by atoms with Gasteiger partial charge in [-0.05, 0) is 49.4 Å². The van der Waals surface area contributed by atoms with E-state index in [-0.39, 0.29) is 0 Å². The van der Waals surface area contributed by atoms with Crippen molar-refractivity contribution in [2.45, 2.75) is 26.4 Å². The van der Waals surface area contributed by atoms with Crippen molar-refractivity contribution in [3.05, 3.63) is 36.0 Å². The van der Waals surface area contributed by atoms with Gasteiger partial charge in [0.25, 0.3) is 0 Å². The topological polar surface area (TPSA) is 17.4 Å². The molecule has 3 rings (SSSR count). The molecule has 0 radical (unpaired) electrons. The number of nitrogens with zero attached hydrogens (tertiary/aromatic N) is 2. The van der Waals surface area contributed by atoms with Crippen LogP contribution in [0.2, 0.25) is 0 Å². The van der Waals surface area contributed by atoms with Crippen LogP contribution in [0.3, 0.4) is 0 Å². The summed E-state index contributed by atoms with van der Waals surface area (Å²) in [6, 6.07) is 9.02. The molecule has 20 heavy (non-hydrogen) atoms. The number of ether oxygens (including phenoxy) is 1. The lowest BCUT2D eigenvalue weighted by Gasteiger charge is -2.20. The molecule has 1 aliphatic heterocycles. The summed E-state index contributed by atoms with van der Waals surface area (Å²) in [6.45, 7) is 7.24. The highest BCUT2D eigenvalue weighted by Gasteiger charge is 2.17. The highest BCUT2D eigenvalue weighted by molar-refractivity contribution is 5.80. The van der Waals surface area contributed by atoms with Crippen LogP contribution in [0.15, 0.2) is 30.5 Å². The van der Waals surface area contributed by atoms with Gasteiger partial charge in [-0.15, -0.1) is 0 Å². The van der Waals surface area contributed by atoms with Gasteiger partial charge in [0, 0.05) is 38.0 Å². The molecule has 1 atom stereocenters. The Kier molecular flexibility index (Phi) is 4.08. The van der Waals surface area contributed by atoms with Crippen molar-refractivity contribution in [1.82, 2.24) is 9.47 Å². The Morgan fingerprint density at radius 2 is 2.25 bits per heavy atom. The molecule has 0 saturated carbocycles. The molecule has 2 aromatic rings. The van der Waals surface area contributed by atoms with Crippen LogP contribution in [0, 0.1) is 5.92 Å². The number of benzene rings is 1. The molecular weight excluding hydrogens is 248 g/mol. The maximum absolute atomic E-state index is 5.46. The second-order valence-corrected chi connectivity index (χ2v) is 5.92. The van der Waals surface area contributed by atoms with Gasteiger partial charge in [-0.25, -0.2) is 0 Å². The summed E-state index contributed by atoms with van der Waals surface area (Å²) in [7, 11) is 2.21. The van der Waals surface area contributed by atoms with Crippen molar-refractivity contribution < 1.29 is 4.74 Å². The molecule has 1 aromatic heterocycles. The average Bonchev–Trinajstić information content (AvgIpc) is 3.07. The summed E-state index contributed by atoms with van der Waals surface area (Å²) < 4.78 is 7.76. The van der Waals surface area contributed by atoms with E-state index in [4.69, 9.17) is 4.74 Å². The molecule has 2 heterocycles. The van der Waals surface area contributed by atoms with Gasteiger partial charge in [0.15, 0.2) is 0 Å². The maximum Gasteiger partial charge on any atom is 0.0507 e. The maximum atomic E-state index is 5.46. The van der Waals surface area contributed by atoms with Crippen molar-refractivity contribution >= 4 is 10.9 Å². The SMILES string of the molecule is CCn1ccc2ccc(CN(C)C[C@H]3CCOC3)cc21. The van der Waals surface area contributed by atoms with Crippen molar-refractivity contribution in [2.75, 3.05) is 26.8 Å². The van der Waals surface area contributed by atoms with Crippen LogP contribution in [0.25, 0.3) is 10.9 Å². The summed E-state index contributed by atoms with van der Waals surface area (Å²) in [4.78, 5) is 2.42. The zero-order chi connectivity index (χ0) is 13.9. The van der Waals surface area contributed by atoms with Gasteiger partial charge in [-0.2, -0.15) is 0 Å². The van der Waals surface area contributed by atoms with E-state index in [1.165, 1.54) is 22.9 Å². The highest BCUT2D eigenvalue weighted by Crippen LogP contribution is 2.19. The van der Waals surface area contributed by atoms with Gasteiger partial charge in [0.05, 0.1) is 6.61 Å². The van der Waals surface area contributed by atoms with E-state index in [1.807, 2.05) is 0 Å². The van der Waals surface area contributed by atoms with Crippen LogP contribution in [-0.4, -0.2) is 36.3 Å². The second kappa shape index (κ2) is 5.98. The summed E-state index contributed by atoms with van der Waals surface area (Å²) in [5, 5.41) is 1.34. The third-order valence-electron chi connectivity index (χ3n) is 4.23. The number of aryl methyl sites for hydroxylation is 1. The summed E-state index contributed by atoms with van der Waals surface area (Å²) in [5.74, 6) is 0.711. The molecule has 1 fully saturated rings. The van der Waals surface area contributed by atoms with E-state index in [2.05, 4.69) is 53.9 Å².